The van der Waals surface area contributed by atoms with Crippen molar-refractivity contribution in [3.8, 4) is 0 Å². The van der Waals surface area contributed by atoms with Gasteiger partial charge >= 0.3 is 11.5 Å². The van der Waals surface area contributed by atoms with E-state index in [-0.39, 0.29) is 29.1 Å². The summed E-state index contributed by atoms with van der Waals surface area (Å²) in [6.45, 7) is 4.83. The molecule has 0 aliphatic rings. The van der Waals surface area contributed by atoms with Gasteiger partial charge in [-0.3, -0.25) is 9.69 Å². The molecule has 0 aliphatic carbocycles. The van der Waals surface area contributed by atoms with Crippen LogP contribution in [0.25, 0.3) is 0 Å². The molecule has 0 amide bonds. The van der Waals surface area contributed by atoms with Gasteiger partial charge in [0.05, 0.1) is 6.42 Å². The Bertz CT molecular complexity index is 460. The summed E-state index contributed by atoms with van der Waals surface area (Å²) in [5.74, 6) is -0.863. The monoisotopic (exact) mass is 321 g/mol. The number of nitrogens with zero attached hydrogens (tertiary/aromatic N) is 1. The van der Waals surface area contributed by atoms with Gasteiger partial charge in [0.25, 0.3) is 0 Å². The van der Waals surface area contributed by atoms with Gasteiger partial charge < -0.3 is 5.11 Å². The second kappa shape index (κ2) is 7.70. The van der Waals surface area contributed by atoms with Crippen LogP contribution in [-0.4, -0.2) is 34.1 Å². The fraction of sp³-hybridized carbons (Fsp3) is 0.500. The Balaban J connectivity index is 2.65. The zero-order chi connectivity index (χ0) is 16.0. The van der Waals surface area contributed by atoms with Gasteiger partial charge in [-0.15, -0.1) is 0 Å². The Morgan fingerprint density at radius 2 is 1.86 bits per heavy atom. The molecule has 0 saturated heterocycles. The normalized spacial score (nSPS) is 12.1. The third-order valence-corrected chi connectivity index (χ3v) is 3.63. The zero-order valence-electron chi connectivity index (χ0n) is 11.9. The molecule has 1 aromatic rings. The summed E-state index contributed by atoms with van der Waals surface area (Å²) in [6, 6.07) is 6.31. The zero-order valence-corrected chi connectivity index (χ0v) is 12.7. The Morgan fingerprint density at radius 3 is 2.29 bits per heavy atom. The first-order chi connectivity index (χ1) is 9.67. The van der Waals surface area contributed by atoms with Crippen LogP contribution in [0.5, 0.6) is 0 Å². The maximum absolute atomic E-state index is 12.2. The molecule has 0 unspecified atom stereocenters. The summed E-state index contributed by atoms with van der Waals surface area (Å²) in [7, 11) is 0. The lowest BCUT2D eigenvalue weighted by molar-refractivity contribution is -0.137. The van der Waals surface area contributed by atoms with Crippen molar-refractivity contribution in [2.75, 3.05) is 6.54 Å². The molecule has 0 saturated carbocycles. The molecule has 0 radical (unpaired) electrons. The van der Waals surface area contributed by atoms with Crippen LogP contribution in [0.2, 0.25) is 0 Å². The fourth-order valence-electron chi connectivity index (χ4n) is 1.79. The van der Waals surface area contributed by atoms with E-state index in [1.54, 1.807) is 12.1 Å². The molecule has 0 heterocycles. The largest absolute Gasteiger partial charge is 0.481 e. The van der Waals surface area contributed by atoms with E-state index >= 15 is 0 Å². The van der Waals surface area contributed by atoms with Gasteiger partial charge in [0.2, 0.25) is 0 Å². The van der Waals surface area contributed by atoms with E-state index in [2.05, 4.69) is 0 Å². The van der Waals surface area contributed by atoms with E-state index in [9.17, 15) is 18.0 Å². The first kappa shape index (κ1) is 17.8. The van der Waals surface area contributed by atoms with Crippen molar-refractivity contribution in [1.29, 1.82) is 0 Å². The highest BCUT2D eigenvalue weighted by atomic mass is 32.2. The number of aliphatic carboxylic acids is 1. The molecular weight excluding hydrogens is 303 g/mol. The number of halogens is 3. The third-order valence-electron chi connectivity index (χ3n) is 2.89. The Kier molecular flexibility index (Phi) is 6.54. The van der Waals surface area contributed by atoms with Crippen molar-refractivity contribution in [3.05, 3.63) is 29.8 Å². The van der Waals surface area contributed by atoms with Crippen LogP contribution in [0, 0.1) is 0 Å². The highest BCUT2D eigenvalue weighted by Gasteiger charge is 2.29. The lowest BCUT2D eigenvalue weighted by Crippen LogP contribution is -2.32. The molecule has 7 heteroatoms. The van der Waals surface area contributed by atoms with Crippen molar-refractivity contribution < 1.29 is 23.1 Å². The SMILES string of the molecule is CC(C)N(CCC(=O)O)Cc1ccc(SC(F)(F)F)cc1. The van der Waals surface area contributed by atoms with Crippen LogP contribution >= 0.6 is 11.8 Å². The van der Waals surface area contributed by atoms with E-state index in [0.717, 1.165) is 5.56 Å². The summed E-state index contributed by atoms with van der Waals surface area (Å²) in [6.07, 6.45) is 0.0419. The van der Waals surface area contributed by atoms with Gasteiger partial charge in [-0.25, -0.2) is 0 Å². The minimum atomic E-state index is -4.28. The molecule has 0 spiro atoms. The predicted octanol–water partition coefficient (Wildman–Crippen LogP) is 3.98. The lowest BCUT2D eigenvalue weighted by Gasteiger charge is -2.25. The van der Waals surface area contributed by atoms with Crippen LogP contribution in [-0.2, 0) is 11.3 Å². The maximum Gasteiger partial charge on any atom is 0.446 e. The van der Waals surface area contributed by atoms with Crippen molar-refractivity contribution >= 4 is 17.7 Å². The second-order valence-corrected chi connectivity index (χ2v) is 6.04. The van der Waals surface area contributed by atoms with Gasteiger partial charge in [0.1, 0.15) is 0 Å². The molecule has 0 atom stereocenters. The molecule has 0 bridgehead atoms. The van der Waals surface area contributed by atoms with E-state index in [4.69, 9.17) is 5.11 Å². The minimum absolute atomic E-state index is 0.0419. The molecular formula is C14H18F3NO2S. The molecule has 1 N–H and O–H groups in total. The Labute approximate surface area is 126 Å². The number of thioether (sulfide) groups is 1. The van der Waals surface area contributed by atoms with Gasteiger partial charge in [-0.2, -0.15) is 13.2 Å². The van der Waals surface area contributed by atoms with Crippen LogP contribution in [0.3, 0.4) is 0 Å². The summed E-state index contributed by atoms with van der Waals surface area (Å²) in [5, 5.41) is 8.72. The molecule has 1 rings (SSSR count). The van der Waals surface area contributed by atoms with Gasteiger partial charge in [0.15, 0.2) is 0 Å². The summed E-state index contributed by atoms with van der Waals surface area (Å²) in [4.78, 5) is 12.7. The van der Waals surface area contributed by atoms with Crippen molar-refractivity contribution in [2.24, 2.45) is 0 Å². The lowest BCUT2D eigenvalue weighted by atomic mass is 10.2. The Morgan fingerprint density at radius 1 is 1.29 bits per heavy atom. The maximum atomic E-state index is 12.2. The average molecular weight is 321 g/mol. The average Bonchev–Trinajstić information content (AvgIpc) is 2.34. The van der Waals surface area contributed by atoms with Gasteiger partial charge in [-0.05, 0) is 43.3 Å². The van der Waals surface area contributed by atoms with Crippen molar-refractivity contribution in [1.82, 2.24) is 4.90 Å². The van der Waals surface area contributed by atoms with Gasteiger partial charge in [0, 0.05) is 24.0 Å². The molecule has 0 fully saturated rings. The minimum Gasteiger partial charge on any atom is -0.481 e. The number of carboxylic acids is 1. The first-order valence-corrected chi connectivity index (χ1v) is 7.29. The highest BCUT2D eigenvalue weighted by molar-refractivity contribution is 8.00. The third kappa shape index (κ3) is 7.38. The van der Waals surface area contributed by atoms with Gasteiger partial charge in [-0.1, -0.05) is 12.1 Å². The topological polar surface area (TPSA) is 40.5 Å². The summed E-state index contributed by atoms with van der Waals surface area (Å²) >= 11 is -0.143. The smallest absolute Gasteiger partial charge is 0.446 e. The first-order valence-electron chi connectivity index (χ1n) is 6.48. The number of carbonyl (C=O) groups is 1. The fourth-order valence-corrected chi connectivity index (χ4v) is 2.33. The van der Waals surface area contributed by atoms with Crippen LogP contribution in [0.15, 0.2) is 29.2 Å². The standard InChI is InChI=1S/C14H18F3NO2S/c1-10(2)18(8-7-13(19)20)9-11-3-5-12(6-4-11)21-14(15,16)17/h3-6,10H,7-9H2,1-2H3,(H,19,20). The van der Waals surface area contributed by atoms with Crippen LogP contribution in [0.4, 0.5) is 13.2 Å². The molecule has 0 aromatic heterocycles. The molecule has 118 valence electrons. The molecule has 3 nitrogen and oxygen atoms in total. The number of benzene rings is 1. The number of rotatable bonds is 7. The number of carboxylic acid groups (broad SMARTS) is 1. The number of hydrogen-bond donors (Lipinski definition) is 1. The number of alkyl halides is 3. The second-order valence-electron chi connectivity index (χ2n) is 4.90. The van der Waals surface area contributed by atoms with E-state index in [0.29, 0.717) is 13.1 Å². The van der Waals surface area contributed by atoms with Crippen molar-refractivity contribution in [2.45, 2.75) is 43.3 Å². The number of hydrogen-bond acceptors (Lipinski definition) is 3. The molecule has 0 aliphatic heterocycles. The highest BCUT2D eigenvalue weighted by Crippen LogP contribution is 2.36. The van der Waals surface area contributed by atoms with Crippen molar-refractivity contribution in [3.63, 3.8) is 0 Å². The summed E-state index contributed by atoms with van der Waals surface area (Å²) < 4.78 is 36.7. The predicted molar refractivity (Wildman–Crippen MR) is 76.2 cm³/mol. The van der Waals surface area contributed by atoms with E-state index in [1.807, 2.05) is 18.7 Å². The molecule has 1 aromatic carbocycles. The van der Waals surface area contributed by atoms with Crippen LogP contribution in [0.1, 0.15) is 25.8 Å². The van der Waals surface area contributed by atoms with Crippen LogP contribution < -0.4 is 0 Å². The quantitative estimate of drug-likeness (QED) is 0.771. The Hall–Kier alpha value is -1.21. The van der Waals surface area contributed by atoms with E-state index in [1.165, 1.54) is 12.1 Å². The molecule has 21 heavy (non-hydrogen) atoms. The summed E-state index contributed by atoms with van der Waals surface area (Å²) in [5.41, 5.74) is -3.42. The van der Waals surface area contributed by atoms with E-state index < -0.39 is 11.5 Å².